The molecule has 0 heterocycles. The predicted molar refractivity (Wildman–Crippen MR) is 58.5 cm³/mol. The third-order valence-corrected chi connectivity index (χ3v) is 2.63. The Morgan fingerprint density at radius 1 is 1.43 bits per heavy atom. The lowest BCUT2D eigenvalue weighted by atomic mass is 10.00. The summed E-state index contributed by atoms with van der Waals surface area (Å²) >= 11 is 3.09. The highest BCUT2D eigenvalue weighted by molar-refractivity contribution is 9.10. The summed E-state index contributed by atoms with van der Waals surface area (Å²) in [5, 5.41) is 9.76. The molecule has 0 aliphatic heterocycles. The number of rotatable bonds is 3. The smallest absolute Gasteiger partial charge is 0.137 e. The molecule has 0 fully saturated rings. The van der Waals surface area contributed by atoms with Crippen LogP contribution in [0.3, 0.4) is 0 Å². The molecule has 0 amide bonds. The molecule has 1 aromatic rings. The first-order chi connectivity index (χ1) is 6.50. The number of halogens is 2. The van der Waals surface area contributed by atoms with Crippen LogP contribution in [0.2, 0.25) is 0 Å². The van der Waals surface area contributed by atoms with Gasteiger partial charge in [0.1, 0.15) is 5.82 Å². The number of aliphatic hydroxyl groups is 1. The Kier molecular flexibility index (Phi) is 4.08. The maximum absolute atomic E-state index is 12.9. The highest BCUT2D eigenvalue weighted by atomic mass is 79.9. The van der Waals surface area contributed by atoms with E-state index in [0.717, 1.165) is 5.56 Å². The van der Waals surface area contributed by atoms with Gasteiger partial charge in [-0.15, -0.1) is 0 Å². The van der Waals surface area contributed by atoms with Crippen molar-refractivity contribution in [3.05, 3.63) is 34.1 Å². The van der Waals surface area contributed by atoms with Gasteiger partial charge in [0, 0.05) is 0 Å². The van der Waals surface area contributed by atoms with E-state index in [1.54, 1.807) is 12.1 Å². The molecule has 0 spiro atoms. The molecule has 1 aromatic carbocycles. The molecular formula is C11H14BrFO. The van der Waals surface area contributed by atoms with Gasteiger partial charge in [0.25, 0.3) is 0 Å². The van der Waals surface area contributed by atoms with Crippen molar-refractivity contribution in [3.63, 3.8) is 0 Å². The first kappa shape index (κ1) is 11.7. The van der Waals surface area contributed by atoms with E-state index in [-0.39, 0.29) is 5.82 Å². The average molecular weight is 261 g/mol. The lowest BCUT2D eigenvalue weighted by Crippen LogP contribution is -2.02. The van der Waals surface area contributed by atoms with Crippen LogP contribution in [0.1, 0.15) is 31.9 Å². The van der Waals surface area contributed by atoms with Crippen LogP contribution >= 0.6 is 15.9 Å². The molecule has 78 valence electrons. The van der Waals surface area contributed by atoms with Gasteiger partial charge in [-0.1, -0.05) is 19.9 Å². The zero-order chi connectivity index (χ0) is 10.7. The van der Waals surface area contributed by atoms with Crippen LogP contribution in [0, 0.1) is 11.7 Å². The lowest BCUT2D eigenvalue weighted by Gasteiger charge is -2.13. The van der Waals surface area contributed by atoms with E-state index in [1.807, 2.05) is 13.8 Å². The van der Waals surface area contributed by atoms with Crippen molar-refractivity contribution in [3.8, 4) is 0 Å². The van der Waals surface area contributed by atoms with Crippen LogP contribution < -0.4 is 0 Å². The van der Waals surface area contributed by atoms with Gasteiger partial charge in [-0.05, 0) is 46.0 Å². The van der Waals surface area contributed by atoms with Gasteiger partial charge in [0.15, 0.2) is 0 Å². The SMILES string of the molecule is CC(C)CC(O)c1ccc(F)c(Br)c1. The molecule has 14 heavy (non-hydrogen) atoms. The zero-order valence-corrected chi connectivity index (χ0v) is 9.88. The summed E-state index contributed by atoms with van der Waals surface area (Å²) in [5.41, 5.74) is 0.756. The van der Waals surface area contributed by atoms with Crippen molar-refractivity contribution in [2.45, 2.75) is 26.4 Å². The third-order valence-electron chi connectivity index (χ3n) is 2.02. The van der Waals surface area contributed by atoms with Crippen molar-refractivity contribution in [1.82, 2.24) is 0 Å². The van der Waals surface area contributed by atoms with E-state index < -0.39 is 6.10 Å². The van der Waals surface area contributed by atoms with Gasteiger partial charge in [-0.25, -0.2) is 4.39 Å². The van der Waals surface area contributed by atoms with Gasteiger partial charge in [0.05, 0.1) is 10.6 Å². The zero-order valence-electron chi connectivity index (χ0n) is 8.30. The largest absolute Gasteiger partial charge is 0.388 e. The number of hydrogen-bond donors (Lipinski definition) is 1. The Morgan fingerprint density at radius 2 is 2.07 bits per heavy atom. The van der Waals surface area contributed by atoms with Crippen LogP contribution in [0.5, 0.6) is 0 Å². The molecule has 0 radical (unpaired) electrons. The summed E-state index contributed by atoms with van der Waals surface area (Å²) in [5.74, 6) is 0.124. The summed E-state index contributed by atoms with van der Waals surface area (Å²) in [6, 6.07) is 4.61. The molecular weight excluding hydrogens is 247 g/mol. The van der Waals surface area contributed by atoms with Crippen LogP contribution in [0.15, 0.2) is 22.7 Å². The van der Waals surface area contributed by atoms with Crippen molar-refractivity contribution in [2.24, 2.45) is 5.92 Å². The quantitative estimate of drug-likeness (QED) is 0.880. The fourth-order valence-electron chi connectivity index (χ4n) is 1.30. The summed E-state index contributed by atoms with van der Waals surface area (Å²) in [6.45, 7) is 4.09. The van der Waals surface area contributed by atoms with Gasteiger partial charge in [-0.2, -0.15) is 0 Å². The molecule has 0 saturated carbocycles. The molecule has 0 bridgehead atoms. The van der Waals surface area contributed by atoms with E-state index in [1.165, 1.54) is 6.07 Å². The third kappa shape index (κ3) is 3.07. The highest BCUT2D eigenvalue weighted by Gasteiger charge is 2.11. The van der Waals surface area contributed by atoms with E-state index >= 15 is 0 Å². The predicted octanol–water partition coefficient (Wildman–Crippen LogP) is 3.67. The first-order valence-corrected chi connectivity index (χ1v) is 5.43. The molecule has 0 aliphatic carbocycles. The lowest BCUT2D eigenvalue weighted by molar-refractivity contribution is 0.151. The molecule has 0 aliphatic rings. The van der Waals surface area contributed by atoms with Crippen molar-refractivity contribution < 1.29 is 9.50 Å². The van der Waals surface area contributed by atoms with E-state index in [9.17, 15) is 9.50 Å². The maximum atomic E-state index is 12.9. The van der Waals surface area contributed by atoms with Gasteiger partial charge >= 0.3 is 0 Å². The van der Waals surface area contributed by atoms with E-state index in [2.05, 4.69) is 15.9 Å². The van der Waals surface area contributed by atoms with E-state index in [4.69, 9.17) is 0 Å². The summed E-state index contributed by atoms with van der Waals surface area (Å²) in [7, 11) is 0. The Balaban J connectivity index is 2.80. The second-order valence-electron chi connectivity index (χ2n) is 3.82. The summed E-state index contributed by atoms with van der Waals surface area (Å²) in [4.78, 5) is 0. The monoisotopic (exact) mass is 260 g/mol. The average Bonchev–Trinajstić information content (AvgIpc) is 2.08. The number of aliphatic hydroxyl groups excluding tert-OH is 1. The minimum atomic E-state index is -0.508. The molecule has 1 N–H and O–H groups in total. The fraction of sp³-hybridized carbons (Fsp3) is 0.455. The second-order valence-corrected chi connectivity index (χ2v) is 4.67. The maximum Gasteiger partial charge on any atom is 0.137 e. The molecule has 0 saturated heterocycles. The summed E-state index contributed by atoms with van der Waals surface area (Å²) in [6.07, 6.45) is 0.185. The second kappa shape index (κ2) is 4.89. The molecule has 1 unspecified atom stereocenters. The van der Waals surface area contributed by atoms with Crippen LogP contribution in [-0.2, 0) is 0 Å². The standard InChI is InChI=1S/C11H14BrFO/c1-7(2)5-11(14)8-3-4-10(13)9(12)6-8/h3-4,6-7,11,14H,5H2,1-2H3. The number of benzene rings is 1. The van der Waals surface area contributed by atoms with Crippen molar-refractivity contribution >= 4 is 15.9 Å². The molecule has 1 rings (SSSR count). The van der Waals surface area contributed by atoms with Gasteiger partial charge in [-0.3, -0.25) is 0 Å². The van der Waals surface area contributed by atoms with Gasteiger partial charge in [0.2, 0.25) is 0 Å². The first-order valence-electron chi connectivity index (χ1n) is 4.63. The van der Waals surface area contributed by atoms with Crippen LogP contribution in [0.25, 0.3) is 0 Å². The molecule has 3 heteroatoms. The minimum Gasteiger partial charge on any atom is -0.388 e. The van der Waals surface area contributed by atoms with E-state index in [0.29, 0.717) is 16.8 Å². The minimum absolute atomic E-state index is 0.300. The highest BCUT2D eigenvalue weighted by Crippen LogP contribution is 2.25. The normalized spacial score (nSPS) is 13.3. The molecule has 1 nitrogen and oxygen atoms in total. The van der Waals surface area contributed by atoms with Crippen molar-refractivity contribution in [1.29, 1.82) is 0 Å². The fourth-order valence-corrected chi connectivity index (χ4v) is 1.70. The Hall–Kier alpha value is -0.410. The van der Waals surface area contributed by atoms with Crippen molar-refractivity contribution in [2.75, 3.05) is 0 Å². The Bertz CT molecular complexity index is 312. The Morgan fingerprint density at radius 3 is 2.57 bits per heavy atom. The van der Waals surface area contributed by atoms with Gasteiger partial charge < -0.3 is 5.11 Å². The topological polar surface area (TPSA) is 20.2 Å². The number of hydrogen-bond acceptors (Lipinski definition) is 1. The summed E-state index contributed by atoms with van der Waals surface area (Å²) < 4.78 is 13.3. The molecule has 1 atom stereocenters. The van der Waals surface area contributed by atoms with Crippen LogP contribution in [0.4, 0.5) is 4.39 Å². The Labute approximate surface area is 92.1 Å². The van der Waals surface area contributed by atoms with Crippen LogP contribution in [-0.4, -0.2) is 5.11 Å². The molecule has 0 aromatic heterocycles.